The van der Waals surface area contributed by atoms with Crippen LogP contribution in [0.25, 0.3) is 0 Å². The summed E-state index contributed by atoms with van der Waals surface area (Å²) >= 11 is 0. The second kappa shape index (κ2) is 7.28. The summed E-state index contributed by atoms with van der Waals surface area (Å²) in [5.74, 6) is 0.241. The molecule has 0 spiro atoms. The Balaban J connectivity index is 1.38. The first-order chi connectivity index (χ1) is 14.5. The van der Waals surface area contributed by atoms with Crippen molar-refractivity contribution in [1.82, 2.24) is 14.5 Å². The Bertz CT molecular complexity index is 1090. The molecule has 0 radical (unpaired) electrons. The molecule has 2 heterocycles. The third kappa shape index (κ3) is 3.24. The van der Waals surface area contributed by atoms with E-state index in [4.69, 9.17) is 14.3 Å². The van der Waals surface area contributed by atoms with Crippen molar-refractivity contribution in [2.75, 3.05) is 19.0 Å². The smallest absolute Gasteiger partial charge is 0.331 e. The van der Waals surface area contributed by atoms with Gasteiger partial charge in [0, 0.05) is 12.8 Å². The van der Waals surface area contributed by atoms with Crippen LogP contribution in [0.4, 0.5) is 10.5 Å². The molecule has 2 aliphatic carbocycles. The van der Waals surface area contributed by atoms with Crippen molar-refractivity contribution in [3.05, 3.63) is 34.5 Å². The summed E-state index contributed by atoms with van der Waals surface area (Å²) in [4.78, 5) is 12.8. The fourth-order valence-corrected chi connectivity index (χ4v) is 5.71. The number of nitrogens with zero attached hydrogens (tertiary/aromatic N) is 2. The second-order valence-electron chi connectivity index (χ2n) is 8.01. The van der Waals surface area contributed by atoms with Gasteiger partial charge in [-0.2, -0.15) is 5.10 Å². The minimum atomic E-state index is -3.64. The molecule has 3 N–H and O–H groups in total. The summed E-state index contributed by atoms with van der Waals surface area (Å²) in [5, 5.41) is 7.07. The normalized spacial score (nSPS) is 21.2. The lowest BCUT2D eigenvalue weighted by Crippen LogP contribution is -2.35. The molecule has 2 amide bonds. The van der Waals surface area contributed by atoms with Gasteiger partial charge in [-0.05, 0) is 60.8 Å². The van der Waals surface area contributed by atoms with Gasteiger partial charge < -0.3 is 14.8 Å². The second-order valence-corrected chi connectivity index (χ2v) is 9.77. The zero-order valence-electron chi connectivity index (χ0n) is 16.8. The minimum Gasteiger partial charge on any atom is -0.474 e. The van der Waals surface area contributed by atoms with E-state index in [9.17, 15) is 9.00 Å². The van der Waals surface area contributed by atoms with Gasteiger partial charge in [-0.25, -0.2) is 23.2 Å². The van der Waals surface area contributed by atoms with Crippen molar-refractivity contribution < 1.29 is 18.5 Å². The molecule has 10 heteroatoms. The number of carbonyl (C=O) groups excluding carboxylic acids is 1. The largest absolute Gasteiger partial charge is 0.474 e. The Labute approximate surface area is 175 Å². The number of hydrogen-bond acceptors (Lipinski definition) is 6. The summed E-state index contributed by atoms with van der Waals surface area (Å²) in [6, 6.07) is 1.64. The molecule has 0 saturated heterocycles. The Morgan fingerprint density at radius 3 is 2.63 bits per heavy atom. The fourth-order valence-electron chi connectivity index (χ4n) is 4.68. The predicted molar refractivity (Wildman–Crippen MR) is 110 cm³/mol. The highest BCUT2D eigenvalue weighted by Gasteiger charge is 2.30. The molecule has 1 aromatic carbocycles. The Hall–Kier alpha value is -2.59. The van der Waals surface area contributed by atoms with Gasteiger partial charge in [-0.3, -0.25) is 0 Å². The highest BCUT2D eigenvalue weighted by atomic mass is 32.2. The van der Waals surface area contributed by atoms with Crippen LogP contribution in [0.1, 0.15) is 35.1 Å². The van der Waals surface area contributed by atoms with E-state index in [0.717, 1.165) is 44.2 Å². The molecule has 5 rings (SSSR count). The predicted octanol–water partition coefficient (Wildman–Crippen LogP) is 2.41. The standard InChI is InChI=1S/C20H25N5O4S/c1-28-14-10-25-19(29-11-14)17(9-22-25)30(21,27)24-20(26)23-18-15-6-2-4-12(15)8-13-5-3-7-16(13)18/h8-9,14H,2-7,10-11H2,1H3,(H3,21,23,24,26,27)/t14-,30-/m0/s1. The number of anilines is 1. The van der Waals surface area contributed by atoms with Crippen molar-refractivity contribution in [3.63, 3.8) is 0 Å². The van der Waals surface area contributed by atoms with Crippen molar-refractivity contribution >= 4 is 21.6 Å². The van der Waals surface area contributed by atoms with E-state index in [0.29, 0.717) is 6.54 Å². The van der Waals surface area contributed by atoms with E-state index in [2.05, 4.69) is 21.2 Å². The molecule has 2 aromatic rings. The summed E-state index contributed by atoms with van der Waals surface area (Å²) in [5.41, 5.74) is 5.80. The topological polar surface area (TPSA) is 118 Å². The van der Waals surface area contributed by atoms with Gasteiger partial charge in [0.2, 0.25) is 5.88 Å². The molecule has 0 fully saturated rings. The van der Waals surface area contributed by atoms with E-state index < -0.39 is 15.9 Å². The summed E-state index contributed by atoms with van der Waals surface area (Å²) in [7, 11) is -2.06. The molecule has 0 unspecified atom stereocenters. The number of methoxy groups -OCH3 is 1. The first-order valence-corrected chi connectivity index (χ1v) is 11.8. The maximum atomic E-state index is 13.1. The quantitative estimate of drug-likeness (QED) is 0.687. The maximum absolute atomic E-state index is 13.1. The molecule has 3 aliphatic rings. The zero-order chi connectivity index (χ0) is 20.9. The van der Waals surface area contributed by atoms with Crippen LogP contribution in [-0.4, -0.2) is 39.8 Å². The number of nitrogens with one attached hydrogen (secondary N) is 3. The Kier molecular flexibility index (Phi) is 4.70. The Morgan fingerprint density at radius 2 is 1.97 bits per heavy atom. The molecular weight excluding hydrogens is 406 g/mol. The zero-order valence-corrected chi connectivity index (χ0v) is 17.6. The number of aromatic nitrogens is 2. The van der Waals surface area contributed by atoms with Crippen LogP contribution in [0, 0.1) is 4.78 Å². The SMILES string of the molecule is CO[C@@H]1COc2c([S@@](=N)(=O)NC(=O)Nc3c4c(cc5c3CCC5)CCC4)cnn2C1. The van der Waals surface area contributed by atoms with Gasteiger partial charge in [0.15, 0.2) is 9.92 Å². The molecule has 2 atom stereocenters. The Morgan fingerprint density at radius 1 is 1.27 bits per heavy atom. The molecule has 1 aromatic heterocycles. The van der Waals surface area contributed by atoms with E-state index >= 15 is 0 Å². The summed E-state index contributed by atoms with van der Waals surface area (Å²) < 4.78 is 36.1. The van der Waals surface area contributed by atoms with E-state index in [1.54, 1.807) is 7.11 Å². The highest BCUT2D eigenvalue weighted by molar-refractivity contribution is 7.91. The first-order valence-electron chi connectivity index (χ1n) is 10.2. The van der Waals surface area contributed by atoms with Crippen LogP contribution in [0.5, 0.6) is 5.88 Å². The summed E-state index contributed by atoms with van der Waals surface area (Å²) in [6.07, 6.45) is 7.22. The van der Waals surface area contributed by atoms with Crippen molar-refractivity contribution in [3.8, 4) is 5.88 Å². The first kappa shape index (κ1) is 19.4. The van der Waals surface area contributed by atoms with E-state index in [1.165, 1.54) is 33.1 Å². The number of fused-ring (bicyclic) bond motifs is 3. The van der Waals surface area contributed by atoms with Crippen LogP contribution in [0.2, 0.25) is 0 Å². The number of carbonyl (C=O) groups is 1. The molecule has 30 heavy (non-hydrogen) atoms. The maximum Gasteiger partial charge on any atom is 0.331 e. The number of rotatable bonds is 4. The average molecular weight is 432 g/mol. The molecule has 0 saturated carbocycles. The van der Waals surface area contributed by atoms with E-state index in [-0.39, 0.29) is 23.5 Å². The van der Waals surface area contributed by atoms with Crippen LogP contribution in [0.15, 0.2) is 17.2 Å². The monoisotopic (exact) mass is 431 g/mol. The van der Waals surface area contributed by atoms with Gasteiger partial charge in [0.25, 0.3) is 0 Å². The van der Waals surface area contributed by atoms with E-state index in [1.807, 2.05) is 0 Å². The number of ether oxygens (including phenoxy) is 2. The molecule has 0 bridgehead atoms. The number of amides is 2. The van der Waals surface area contributed by atoms with Gasteiger partial charge in [-0.1, -0.05) is 6.07 Å². The molecular formula is C20H25N5O4S. The highest BCUT2D eigenvalue weighted by Crippen LogP contribution is 2.38. The molecule has 1 aliphatic heterocycles. The van der Waals surface area contributed by atoms with Gasteiger partial charge in [0.1, 0.15) is 17.6 Å². The van der Waals surface area contributed by atoms with Crippen LogP contribution in [0.3, 0.4) is 0 Å². The average Bonchev–Trinajstić information content (AvgIpc) is 3.45. The third-order valence-corrected chi connectivity index (χ3v) is 7.51. The lowest BCUT2D eigenvalue weighted by molar-refractivity contribution is 0.0165. The minimum absolute atomic E-state index is 0.0655. The molecule has 9 nitrogen and oxygen atoms in total. The fraction of sp³-hybridized carbons (Fsp3) is 0.500. The number of urea groups is 1. The van der Waals surface area contributed by atoms with Gasteiger partial charge in [0.05, 0.1) is 12.7 Å². The third-order valence-electron chi connectivity index (χ3n) is 6.13. The van der Waals surface area contributed by atoms with Crippen molar-refractivity contribution in [2.24, 2.45) is 0 Å². The lowest BCUT2D eigenvalue weighted by Gasteiger charge is -2.23. The van der Waals surface area contributed by atoms with Crippen LogP contribution in [-0.2, 0) is 46.9 Å². The van der Waals surface area contributed by atoms with Crippen molar-refractivity contribution in [1.29, 1.82) is 4.78 Å². The lowest BCUT2D eigenvalue weighted by atomic mass is 9.99. The number of hydrogen-bond donors (Lipinski definition) is 3. The van der Waals surface area contributed by atoms with Gasteiger partial charge in [-0.15, -0.1) is 0 Å². The number of benzene rings is 1. The van der Waals surface area contributed by atoms with Gasteiger partial charge >= 0.3 is 6.03 Å². The number of aryl methyl sites for hydroxylation is 2. The van der Waals surface area contributed by atoms with Crippen LogP contribution >= 0.6 is 0 Å². The van der Waals surface area contributed by atoms with Crippen LogP contribution < -0.4 is 14.8 Å². The summed E-state index contributed by atoms with van der Waals surface area (Å²) in [6.45, 7) is 0.717. The molecule has 160 valence electrons. The van der Waals surface area contributed by atoms with Crippen molar-refractivity contribution in [2.45, 2.75) is 56.1 Å².